The average Bonchev–Trinajstić information content (AvgIpc) is 2.97. The molecule has 0 unspecified atom stereocenters. The lowest BCUT2D eigenvalue weighted by molar-refractivity contribution is -0.124. The molecule has 2 aliphatic rings. The summed E-state index contributed by atoms with van der Waals surface area (Å²) < 4.78 is 5.86. The predicted molar refractivity (Wildman–Crippen MR) is 76.9 cm³/mol. The molecule has 1 atom stereocenters. The fourth-order valence-electron chi connectivity index (χ4n) is 2.51. The van der Waals surface area contributed by atoms with Gasteiger partial charge in [-0.15, -0.1) is 0 Å². The monoisotopic (exact) mass is 287 g/mol. The summed E-state index contributed by atoms with van der Waals surface area (Å²) in [6.07, 6.45) is 1.55. The number of ether oxygens (including phenoxy) is 1. The molecular formula is C15H17N3O3. The second-order valence-corrected chi connectivity index (χ2v) is 5.19. The number of likely N-dealkylation sites (tertiary alicyclic amines) is 1. The van der Waals surface area contributed by atoms with Crippen LogP contribution in [-0.4, -0.2) is 41.6 Å². The van der Waals surface area contributed by atoms with Gasteiger partial charge in [0, 0.05) is 25.8 Å². The maximum absolute atomic E-state index is 12.3. The smallest absolute Gasteiger partial charge is 0.270 e. The lowest BCUT2D eigenvalue weighted by Crippen LogP contribution is -2.39. The third-order valence-electron chi connectivity index (χ3n) is 3.63. The Morgan fingerprint density at radius 1 is 1.29 bits per heavy atom. The minimum atomic E-state index is -0.141. The highest BCUT2D eigenvalue weighted by Crippen LogP contribution is 2.18. The van der Waals surface area contributed by atoms with Gasteiger partial charge in [0.15, 0.2) is 0 Å². The molecule has 2 amide bonds. The van der Waals surface area contributed by atoms with Crippen LogP contribution in [-0.2, 0) is 9.59 Å². The van der Waals surface area contributed by atoms with Gasteiger partial charge in [-0.3, -0.25) is 9.59 Å². The van der Waals surface area contributed by atoms with Crippen LogP contribution in [0.3, 0.4) is 0 Å². The first-order valence-corrected chi connectivity index (χ1v) is 7.09. The number of hydrogen-bond donors (Lipinski definition) is 1. The number of nitrogens with zero attached hydrogens (tertiary/aromatic N) is 2. The van der Waals surface area contributed by atoms with Crippen LogP contribution in [0.1, 0.15) is 19.3 Å². The molecule has 1 saturated heterocycles. The second kappa shape index (κ2) is 5.95. The van der Waals surface area contributed by atoms with E-state index in [-0.39, 0.29) is 17.9 Å². The zero-order valence-electron chi connectivity index (χ0n) is 11.6. The van der Waals surface area contributed by atoms with Crippen molar-refractivity contribution in [3.05, 3.63) is 30.3 Å². The number of hydrogen-bond acceptors (Lipinski definition) is 4. The van der Waals surface area contributed by atoms with Crippen molar-refractivity contribution >= 4 is 17.5 Å². The van der Waals surface area contributed by atoms with Crippen LogP contribution in [0.15, 0.2) is 35.4 Å². The van der Waals surface area contributed by atoms with E-state index in [1.165, 1.54) is 0 Å². The van der Waals surface area contributed by atoms with Crippen molar-refractivity contribution in [3.63, 3.8) is 0 Å². The molecule has 0 radical (unpaired) electrons. The Morgan fingerprint density at radius 2 is 2.10 bits per heavy atom. The maximum atomic E-state index is 12.3. The number of para-hydroxylation sites is 1. The summed E-state index contributed by atoms with van der Waals surface area (Å²) in [4.78, 5) is 25.1. The maximum Gasteiger partial charge on any atom is 0.270 e. The Bertz CT molecular complexity index is 571. The quantitative estimate of drug-likeness (QED) is 0.899. The van der Waals surface area contributed by atoms with Gasteiger partial charge in [0.25, 0.3) is 5.91 Å². The highest BCUT2D eigenvalue weighted by atomic mass is 16.5. The molecule has 2 heterocycles. The number of hydrazone groups is 1. The molecule has 0 aromatic heterocycles. The lowest BCUT2D eigenvalue weighted by atomic mass is 10.1. The van der Waals surface area contributed by atoms with E-state index in [9.17, 15) is 9.59 Å². The minimum absolute atomic E-state index is 0.00938. The molecule has 0 spiro atoms. The van der Waals surface area contributed by atoms with E-state index in [2.05, 4.69) is 10.5 Å². The van der Waals surface area contributed by atoms with E-state index in [0.29, 0.717) is 31.6 Å². The predicted octanol–water partition coefficient (Wildman–Crippen LogP) is 0.932. The largest absolute Gasteiger partial charge is 0.489 e. The van der Waals surface area contributed by atoms with Crippen LogP contribution in [0.25, 0.3) is 0 Å². The van der Waals surface area contributed by atoms with Gasteiger partial charge < -0.3 is 9.64 Å². The summed E-state index contributed by atoms with van der Waals surface area (Å²) in [6, 6.07) is 9.60. The van der Waals surface area contributed by atoms with E-state index in [1.807, 2.05) is 30.3 Å². The molecule has 2 aliphatic heterocycles. The van der Waals surface area contributed by atoms with Gasteiger partial charge in [-0.05, 0) is 12.1 Å². The van der Waals surface area contributed by atoms with Gasteiger partial charge in [-0.2, -0.15) is 5.10 Å². The Kier molecular flexibility index (Phi) is 3.85. The van der Waals surface area contributed by atoms with Crippen LogP contribution in [0.2, 0.25) is 0 Å². The van der Waals surface area contributed by atoms with Gasteiger partial charge in [0.2, 0.25) is 5.91 Å². The SMILES string of the molecule is O=C1CCC(C(=O)N2CC[C@H](Oc3ccccc3)C2)=NN1. The summed E-state index contributed by atoms with van der Waals surface area (Å²) >= 11 is 0. The van der Waals surface area contributed by atoms with Crippen LogP contribution < -0.4 is 10.2 Å². The molecule has 1 aromatic carbocycles. The van der Waals surface area contributed by atoms with E-state index in [0.717, 1.165) is 12.2 Å². The number of benzene rings is 1. The first kappa shape index (κ1) is 13.6. The topological polar surface area (TPSA) is 71.0 Å². The van der Waals surface area contributed by atoms with Crippen molar-refractivity contribution < 1.29 is 14.3 Å². The number of nitrogens with one attached hydrogen (secondary N) is 1. The molecule has 21 heavy (non-hydrogen) atoms. The third-order valence-corrected chi connectivity index (χ3v) is 3.63. The van der Waals surface area contributed by atoms with Crippen molar-refractivity contribution in [1.29, 1.82) is 0 Å². The van der Waals surface area contributed by atoms with Crippen molar-refractivity contribution in [2.24, 2.45) is 5.10 Å². The molecule has 1 fully saturated rings. The molecule has 1 aromatic rings. The van der Waals surface area contributed by atoms with E-state index in [1.54, 1.807) is 4.90 Å². The molecule has 3 rings (SSSR count). The summed E-state index contributed by atoms with van der Waals surface area (Å²) in [6.45, 7) is 1.21. The second-order valence-electron chi connectivity index (χ2n) is 5.19. The van der Waals surface area contributed by atoms with Gasteiger partial charge in [-0.1, -0.05) is 18.2 Å². The summed E-state index contributed by atoms with van der Waals surface area (Å²) in [5.74, 6) is 0.575. The van der Waals surface area contributed by atoms with Crippen LogP contribution >= 0.6 is 0 Å². The Morgan fingerprint density at radius 3 is 2.81 bits per heavy atom. The van der Waals surface area contributed by atoms with E-state index >= 15 is 0 Å². The van der Waals surface area contributed by atoms with Crippen LogP contribution in [0.5, 0.6) is 5.75 Å². The first-order valence-electron chi connectivity index (χ1n) is 7.09. The molecule has 6 nitrogen and oxygen atoms in total. The highest BCUT2D eigenvalue weighted by molar-refractivity contribution is 6.39. The highest BCUT2D eigenvalue weighted by Gasteiger charge is 2.31. The summed E-state index contributed by atoms with van der Waals surface area (Å²) in [5, 5.41) is 3.85. The molecular weight excluding hydrogens is 270 g/mol. The molecule has 110 valence electrons. The van der Waals surface area contributed by atoms with Gasteiger partial charge in [-0.25, -0.2) is 5.43 Å². The molecule has 0 bridgehead atoms. The zero-order valence-corrected chi connectivity index (χ0v) is 11.6. The molecule has 0 aliphatic carbocycles. The van der Waals surface area contributed by atoms with Crippen LogP contribution in [0.4, 0.5) is 0 Å². The van der Waals surface area contributed by atoms with Crippen molar-refractivity contribution in [3.8, 4) is 5.75 Å². The molecule has 0 saturated carbocycles. The van der Waals surface area contributed by atoms with Gasteiger partial charge in [0.05, 0.1) is 6.54 Å². The lowest BCUT2D eigenvalue weighted by Gasteiger charge is -2.19. The standard InChI is InChI=1S/C15H17N3O3/c19-14-7-6-13(16-17-14)15(20)18-9-8-12(10-18)21-11-4-2-1-3-5-11/h1-5,12H,6-10H2,(H,17,19)/t12-/m0/s1. The first-order chi connectivity index (χ1) is 10.2. The zero-order chi connectivity index (χ0) is 14.7. The number of amides is 2. The van der Waals surface area contributed by atoms with E-state index in [4.69, 9.17) is 4.74 Å². The van der Waals surface area contributed by atoms with Crippen molar-refractivity contribution in [2.75, 3.05) is 13.1 Å². The van der Waals surface area contributed by atoms with Gasteiger partial charge in [0.1, 0.15) is 17.6 Å². The Balaban J connectivity index is 1.57. The summed E-state index contributed by atoms with van der Waals surface area (Å²) in [5.41, 5.74) is 2.78. The minimum Gasteiger partial charge on any atom is -0.489 e. The van der Waals surface area contributed by atoms with E-state index < -0.39 is 0 Å². The Hall–Kier alpha value is -2.37. The average molecular weight is 287 g/mol. The number of carbonyl (C=O) groups excluding carboxylic acids is 2. The summed E-state index contributed by atoms with van der Waals surface area (Å²) in [7, 11) is 0. The van der Waals surface area contributed by atoms with Crippen molar-refractivity contribution in [2.45, 2.75) is 25.4 Å². The molecule has 6 heteroatoms. The fourth-order valence-corrected chi connectivity index (χ4v) is 2.51. The third kappa shape index (κ3) is 3.21. The number of rotatable bonds is 3. The van der Waals surface area contributed by atoms with Gasteiger partial charge >= 0.3 is 0 Å². The van der Waals surface area contributed by atoms with Crippen molar-refractivity contribution in [1.82, 2.24) is 10.3 Å². The van der Waals surface area contributed by atoms with Crippen LogP contribution in [0, 0.1) is 0 Å². The molecule has 1 N–H and O–H groups in total. The Labute approximate surface area is 122 Å². The fraction of sp³-hybridized carbons (Fsp3) is 0.400. The normalized spacial score (nSPS) is 21.7. The number of carbonyl (C=O) groups is 2.